The highest BCUT2D eigenvalue weighted by atomic mass is 35.5. The summed E-state index contributed by atoms with van der Waals surface area (Å²) >= 11 is 8.94. The van der Waals surface area contributed by atoms with Crippen molar-refractivity contribution in [2.75, 3.05) is 11.5 Å². The molecule has 2 atom stereocenters. The van der Waals surface area contributed by atoms with Crippen molar-refractivity contribution < 1.29 is 24.2 Å². The zero-order valence-corrected chi connectivity index (χ0v) is 25.1. The normalized spacial score (nSPS) is 19.2. The molecule has 1 N–H and O–H groups in total. The monoisotopic (exact) mass is 619 g/mol. The summed E-state index contributed by atoms with van der Waals surface area (Å²) < 4.78 is 12.1. The summed E-state index contributed by atoms with van der Waals surface area (Å²) in [6.45, 7) is 4.29. The van der Waals surface area contributed by atoms with E-state index in [1.54, 1.807) is 36.4 Å². The topological polar surface area (TPSA) is 102 Å². The van der Waals surface area contributed by atoms with Crippen molar-refractivity contribution in [3.05, 3.63) is 99.6 Å². The molecule has 8 nitrogen and oxygen atoms in total. The molecule has 0 spiro atoms. The Hall–Kier alpha value is -3.86. The SMILES string of the molecule is CCOc1cccc(C2/C(=C(/O)c3ccc4c(c3)CC(C)O4)C(=O)C(=O)N2c2nnc(SCc3ccccc3Cl)s2)c1. The lowest BCUT2D eigenvalue weighted by Crippen LogP contribution is -2.29. The molecular weight excluding hydrogens is 594 g/mol. The molecule has 0 saturated carbocycles. The Labute approximate surface area is 255 Å². The Morgan fingerprint density at radius 2 is 1.98 bits per heavy atom. The summed E-state index contributed by atoms with van der Waals surface area (Å²) in [7, 11) is 0. The number of nitrogens with zero attached hydrogens (tertiary/aromatic N) is 3. The highest BCUT2D eigenvalue weighted by Crippen LogP contribution is 2.45. The van der Waals surface area contributed by atoms with Crippen molar-refractivity contribution in [1.29, 1.82) is 0 Å². The van der Waals surface area contributed by atoms with Crippen LogP contribution in [0.4, 0.5) is 5.13 Å². The molecule has 6 rings (SSSR count). The van der Waals surface area contributed by atoms with Gasteiger partial charge in [0.1, 0.15) is 23.4 Å². The van der Waals surface area contributed by atoms with E-state index in [9.17, 15) is 14.7 Å². The van der Waals surface area contributed by atoms with E-state index in [2.05, 4.69) is 10.2 Å². The fourth-order valence-electron chi connectivity index (χ4n) is 5.12. The number of anilines is 1. The minimum Gasteiger partial charge on any atom is -0.507 e. The Morgan fingerprint density at radius 3 is 2.79 bits per heavy atom. The van der Waals surface area contributed by atoms with Crippen molar-refractivity contribution in [2.24, 2.45) is 0 Å². The third kappa shape index (κ3) is 5.37. The first-order valence-electron chi connectivity index (χ1n) is 13.4. The van der Waals surface area contributed by atoms with Crippen molar-refractivity contribution in [1.82, 2.24) is 10.2 Å². The molecule has 3 aromatic carbocycles. The summed E-state index contributed by atoms with van der Waals surface area (Å²) in [4.78, 5) is 28.5. The molecular formula is C31H26ClN3O5S2. The van der Waals surface area contributed by atoms with E-state index >= 15 is 0 Å². The zero-order chi connectivity index (χ0) is 29.4. The van der Waals surface area contributed by atoms with Crippen LogP contribution in [0.2, 0.25) is 5.02 Å². The largest absolute Gasteiger partial charge is 0.507 e. The van der Waals surface area contributed by atoms with Crippen molar-refractivity contribution in [2.45, 2.75) is 42.5 Å². The van der Waals surface area contributed by atoms with Crippen molar-refractivity contribution in [3.63, 3.8) is 0 Å². The molecule has 11 heteroatoms. The molecule has 2 unspecified atom stereocenters. The molecule has 0 radical (unpaired) electrons. The number of hydrogen-bond acceptors (Lipinski definition) is 9. The van der Waals surface area contributed by atoms with Crippen LogP contribution >= 0.6 is 34.7 Å². The number of hydrogen-bond donors (Lipinski definition) is 1. The molecule has 1 saturated heterocycles. The molecule has 2 aliphatic heterocycles. The number of ketones is 1. The number of rotatable bonds is 8. The smallest absolute Gasteiger partial charge is 0.301 e. The standard InChI is InChI=1S/C31H26ClN3O5S2/c1-3-39-22-9-6-8-18(15-22)26-25(27(36)19-11-12-24-21(14-19)13-17(2)40-24)28(37)29(38)35(26)30-33-34-31(42-30)41-16-20-7-4-5-10-23(20)32/h4-12,14-15,17,26,36H,3,13,16H2,1-2H3/b27-25-. The van der Waals surface area contributed by atoms with Gasteiger partial charge >= 0.3 is 5.91 Å². The van der Waals surface area contributed by atoms with Crippen LogP contribution in [0, 0.1) is 0 Å². The van der Waals surface area contributed by atoms with Gasteiger partial charge in [0, 0.05) is 22.8 Å². The van der Waals surface area contributed by atoms with Gasteiger partial charge in [0.15, 0.2) is 4.34 Å². The number of Topliss-reactive ketones (excluding diaryl/α,β-unsaturated/α-hetero) is 1. The van der Waals surface area contributed by atoms with Crippen LogP contribution in [-0.2, 0) is 21.8 Å². The molecule has 1 amide bonds. The number of carbonyl (C=O) groups excluding carboxylic acids is 2. The van der Waals surface area contributed by atoms with Gasteiger partial charge in [-0.2, -0.15) is 0 Å². The van der Waals surface area contributed by atoms with Gasteiger partial charge in [-0.3, -0.25) is 14.5 Å². The number of amides is 1. The van der Waals surface area contributed by atoms with E-state index < -0.39 is 17.7 Å². The molecule has 2 aliphatic rings. The maximum absolute atomic E-state index is 13.6. The van der Waals surface area contributed by atoms with Gasteiger partial charge in [-0.25, -0.2) is 0 Å². The molecule has 214 valence electrons. The van der Waals surface area contributed by atoms with Gasteiger partial charge in [0.05, 0.1) is 18.2 Å². The number of aliphatic hydroxyl groups is 1. The number of aromatic nitrogens is 2. The lowest BCUT2D eigenvalue weighted by atomic mass is 9.94. The van der Waals surface area contributed by atoms with Gasteiger partial charge in [-0.1, -0.05) is 65.0 Å². The Kier molecular flexibility index (Phi) is 7.94. The van der Waals surface area contributed by atoms with Crippen LogP contribution < -0.4 is 14.4 Å². The third-order valence-electron chi connectivity index (χ3n) is 7.01. The summed E-state index contributed by atoms with van der Waals surface area (Å²) in [5, 5.41) is 21.1. The summed E-state index contributed by atoms with van der Waals surface area (Å²) in [6.07, 6.45) is 0.705. The summed E-state index contributed by atoms with van der Waals surface area (Å²) in [5.41, 5.74) is 2.88. The lowest BCUT2D eigenvalue weighted by Gasteiger charge is -2.23. The van der Waals surface area contributed by atoms with Gasteiger partial charge in [0.25, 0.3) is 5.78 Å². The Morgan fingerprint density at radius 1 is 1.14 bits per heavy atom. The van der Waals surface area contributed by atoms with Crippen molar-refractivity contribution >= 4 is 57.3 Å². The maximum atomic E-state index is 13.6. The summed E-state index contributed by atoms with van der Waals surface area (Å²) in [6, 6.07) is 19.1. The average Bonchev–Trinajstić information content (AvgIpc) is 3.67. The van der Waals surface area contributed by atoms with Crippen LogP contribution in [0.5, 0.6) is 11.5 Å². The first-order chi connectivity index (χ1) is 20.3. The molecule has 42 heavy (non-hydrogen) atoms. The number of fused-ring (bicyclic) bond motifs is 1. The molecule has 4 aromatic rings. The maximum Gasteiger partial charge on any atom is 0.301 e. The second kappa shape index (κ2) is 11.8. The first-order valence-corrected chi connectivity index (χ1v) is 15.6. The summed E-state index contributed by atoms with van der Waals surface area (Å²) in [5.74, 6) is 0.0369. The number of halogens is 1. The van der Waals surface area contributed by atoms with Gasteiger partial charge in [-0.05, 0) is 66.9 Å². The molecule has 0 aliphatic carbocycles. The highest BCUT2D eigenvalue weighted by molar-refractivity contribution is 8.00. The molecule has 1 fully saturated rings. The highest BCUT2D eigenvalue weighted by Gasteiger charge is 2.48. The van der Waals surface area contributed by atoms with E-state index in [1.165, 1.54) is 28.0 Å². The van der Waals surface area contributed by atoms with E-state index in [-0.39, 0.29) is 22.6 Å². The number of thioether (sulfide) groups is 1. The Bertz CT molecular complexity index is 1720. The van der Waals surface area contributed by atoms with Crippen LogP contribution in [0.15, 0.2) is 76.6 Å². The fraction of sp³-hybridized carbons (Fsp3) is 0.226. The zero-order valence-electron chi connectivity index (χ0n) is 22.7. The number of ether oxygens (including phenoxy) is 2. The van der Waals surface area contributed by atoms with Gasteiger partial charge in [0.2, 0.25) is 5.13 Å². The number of carbonyl (C=O) groups is 2. The van der Waals surface area contributed by atoms with Gasteiger partial charge < -0.3 is 14.6 Å². The first kappa shape index (κ1) is 28.3. The minimum absolute atomic E-state index is 0.0201. The second-order valence-electron chi connectivity index (χ2n) is 9.86. The predicted molar refractivity (Wildman–Crippen MR) is 164 cm³/mol. The van der Waals surface area contributed by atoms with Crippen LogP contribution in [-0.4, -0.2) is 39.7 Å². The predicted octanol–water partition coefficient (Wildman–Crippen LogP) is 6.83. The number of aliphatic hydroxyl groups excluding tert-OH is 1. The average molecular weight is 620 g/mol. The molecule has 3 heterocycles. The minimum atomic E-state index is -0.941. The van der Waals surface area contributed by atoms with E-state index in [0.29, 0.717) is 45.0 Å². The lowest BCUT2D eigenvalue weighted by molar-refractivity contribution is -0.132. The quantitative estimate of drug-likeness (QED) is 0.0753. The molecule has 0 bridgehead atoms. The second-order valence-corrected chi connectivity index (χ2v) is 12.4. The third-order valence-corrected chi connectivity index (χ3v) is 9.48. The number of benzene rings is 3. The van der Waals surface area contributed by atoms with E-state index in [1.807, 2.05) is 44.2 Å². The fourth-order valence-corrected chi connectivity index (χ4v) is 7.28. The Balaban J connectivity index is 1.40. The van der Waals surface area contributed by atoms with Crippen LogP contribution in [0.1, 0.15) is 42.1 Å². The van der Waals surface area contributed by atoms with Crippen LogP contribution in [0.3, 0.4) is 0 Å². The van der Waals surface area contributed by atoms with Crippen molar-refractivity contribution in [3.8, 4) is 11.5 Å². The molecule has 1 aromatic heterocycles. The van der Waals surface area contributed by atoms with Gasteiger partial charge in [-0.15, -0.1) is 10.2 Å². The van der Waals surface area contributed by atoms with E-state index in [0.717, 1.165) is 16.9 Å². The van der Waals surface area contributed by atoms with E-state index in [4.69, 9.17) is 21.1 Å². The van der Waals surface area contributed by atoms with Crippen LogP contribution in [0.25, 0.3) is 5.76 Å².